The van der Waals surface area contributed by atoms with Crippen LogP contribution in [-0.2, 0) is 0 Å². The normalized spacial score (nSPS) is 9.80. The first-order chi connectivity index (χ1) is 7.08. The first-order valence-electron chi connectivity index (χ1n) is 4.54. The molecule has 0 atom stereocenters. The third-order valence-corrected chi connectivity index (χ3v) is 2.54. The van der Waals surface area contributed by atoms with Crippen LogP contribution in [-0.4, -0.2) is 19.1 Å². The lowest BCUT2D eigenvalue weighted by Crippen LogP contribution is -2.24. The monoisotopic (exact) mass is 227 g/mol. The zero-order chi connectivity index (χ0) is 11.4. The van der Waals surface area contributed by atoms with Gasteiger partial charge < -0.3 is 14.1 Å². The maximum Gasteiger partial charge on any atom is 0.341 e. The second-order valence-electron chi connectivity index (χ2n) is 2.96. The van der Waals surface area contributed by atoms with E-state index in [1.54, 1.807) is 18.0 Å². The molecule has 82 valence electrons. The summed E-state index contributed by atoms with van der Waals surface area (Å²) in [6.45, 7) is 1.94. The summed E-state index contributed by atoms with van der Waals surface area (Å²) in [5, 5.41) is 0. The third-order valence-electron chi connectivity index (χ3n) is 1.97. The molecule has 0 saturated carbocycles. The van der Waals surface area contributed by atoms with Crippen molar-refractivity contribution in [1.82, 2.24) is 0 Å². The first kappa shape index (κ1) is 11.7. The minimum absolute atomic E-state index is 0.395. The van der Waals surface area contributed by atoms with Crippen molar-refractivity contribution in [3.8, 4) is 5.75 Å². The fourth-order valence-corrected chi connectivity index (χ4v) is 1.17. The molecular formula is C10H13NO3S. The topological polar surface area (TPSA) is 42.7 Å². The number of anilines is 1. The number of rotatable bonds is 3. The van der Waals surface area contributed by atoms with E-state index in [-0.39, 0.29) is 0 Å². The molecule has 5 heteroatoms. The quantitative estimate of drug-likeness (QED) is 0.737. The first-order valence-corrected chi connectivity index (χ1v) is 4.95. The van der Waals surface area contributed by atoms with Crippen molar-refractivity contribution in [2.24, 2.45) is 0 Å². The van der Waals surface area contributed by atoms with Crippen molar-refractivity contribution in [2.75, 3.05) is 19.1 Å². The zero-order valence-corrected chi connectivity index (χ0v) is 9.76. The summed E-state index contributed by atoms with van der Waals surface area (Å²) < 4.78 is 9.98. The summed E-state index contributed by atoms with van der Waals surface area (Å²) in [6, 6.07) is 2.91. The van der Waals surface area contributed by atoms with Crippen LogP contribution < -0.4 is 15.3 Å². The fourth-order valence-electron chi connectivity index (χ4n) is 1.08. The molecule has 0 spiro atoms. The Morgan fingerprint density at radius 3 is 2.80 bits per heavy atom. The van der Waals surface area contributed by atoms with Crippen LogP contribution in [0, 0.1) is 0 Å². The van der Waals surface area contributed by atoms with Gasteiger partial charge in [0.05, 0.1) is 18.2 Å². The maximum absolute atomic E-state index is 11.2. The van der Waals surface area contributed by atoms with Gasteiger partial charge in [-0.2, -0.15) is 0 Å². The van der Waals surface area contributed by atoms with Crippen molar-refractivity contribution in [1.29, 1.82) is 0 Å². The molecule has 0 aliphatic carbocycles. The smallest absolute Gasteiger partial charge is 0.341 e. The van der Waals surface area contributed by atoms with Gasteiger partial charge in [-0.3, -0.25) is 0 Å². The van der Waals surface area contributed by atoms with Crippen LogP contribution in [0.5, 0.6) is 5.75 Å². The van der Waals surface area contributed by atoms with Gasteiger partial charge in [0.2, 0.25) is 5.88 Å². The van der Waals surface area contributed by atoms with E-state index < -0.39 is 5.63 Å². The molecule has 0 aromatic carbocycles. The van der Waals surface area contributed by atoms with Gasteiger partial charge in [-0.05, 0) is 6.42 Å². The summed E-state index contributed by atoms with van der Waals surface area (Å²) in [4.78, 5) is 13.5. The van der Waals surface area contributed by atoms with E-state index in [4.69, 9.17) is 21.4 Å². The summed E-state index contributed by atoms with van der Waals surface area (Å²) in [6.07, 6.45) is 0.715. The van der Waals surface area contributed by atoms with Crippen molar-refractivity contribution in [2.45, 2.75) is 13.3 Å². The Morgan fingerprint density at radius 2 is 2.27 bits per heavy atom. The number of nitrogens with zero attached hydrogens (tertiary/aromatic N) is 1. The minimum Gasteiger partial charge on any atom is -0.496 e. The lowest BCUT2D eigenvalue weighted by Gasteiger charge is -2.17. The van der Waals surface area contributed by atoms with Gasteiger partial charge in [0, 0.05) is 13.1 Å². The lowest BCUT2D eigenvalue weighted by atomic mass is 10.4. The molecule has 15 heavy (non-hydrogen) atoms. The molecule has 4 nitrogen and oxygen atoms in total. The van der Waals surface area contributed by atoms with E-state index in [1.807, 2.05) is 6.92 Å². The Labute approximate surface area is 93.5 Å². The second kappa shape index (κ2) is 4.93. The van der Waals surface area contributed by atoms with Crippen LogP contribution >= 0.6 is 12.2 Å². The number of thiocarbonyl (C=S) groups is 1. The van der Waals surface area contributed by atoms with Crippen LogP contribution in [0.4, 0.5) is 5.88 Å². The largest absolute Gasteiger partial charge is 0.496 e. The molecule has 0 radical (unpaired) electrons. The molecule has 1 heterocycles. The highest BCUT2D eigenvalue weighted by Crippen LogP contribution is 2.18. The average molecular weight is 227 g/mol. The molecule has 0 amide bonds. The van der Waals surface area contributed by atoms with E-state index in [0.29, 0.717) is 23.0 Å². The maximum atomic E-state index is 11.2. The van der Waals surface area contributed by atoms with Gasteiger partial charge in [-0.25, -0.2) is 4.79 Å². The van der Waals surface area contributed by atoms with Crippen molar-refractivity contribution < 1.29 is 9.15 Å². The highest BCUT2D eigenvalue weighted by atomic mass is 32.1. The predicted molar refractivity (Wildman–Crippen MR) is 62.8 cm³/mol. The average Bonchev–Trinajstić information content (AvgIpc) is 2.26. The Balaban J connectivity index is 3.08. The molecule has 0 aliphatic rings. The van der Waals surface area contributed by atoms with Gasteiger partial charge in [0.25, 0.3) is 0 Å². The van der Waals surface area contributed by atoms with Crippen LogP contribution in [0.1, 0.15) is 13.3 Å². The highest BCUT2D eigenvalue weighted by molar-refractivity contribution is 7.80. The molecule has 0 fully saturated rings. The molecule has 1 rings (SSSR count). The highest BCUT2D eigenvalue weighted by Gasteiger charge is 2.09. The lowest BCUT2D eigenvalue weighted by molar-refractivity contribution is 0.403. The number of methoxy groups -OCH3 is 1. The van der Waals surface area contributed by atoms with Gasteiger partial charge >= 0.3 is 5.63 Å². The number of ether oxygens (including phenoxy) is 1. The zero-order valence-electron chi connectivity index (χ0n) is 8.94. The summed E-state index contributed by atoms with van der Waals surface area (Å²) in [5.41, 5.74) is -0.449. The summed E-state index contributed by atoms with van der Waals surface area (Å²) in [5.74, 6) is 0.859. The molecule has 0 N–H and O–H groups in total. The van der Waals surface area contributed by atoms with Crippen LogP contribution in [0.25, 0.3) is 0 Å². The van der Waals surface area contributed by atoms with Crippen molar-refractivity contribution >= 4 is 23.1 Å². The second-order valence-corrected chi connectivity index (χ2v) is 3.43. The van der Waals surface area contributed by atoms with Crippen molar-refractivity contribution in [3.63, 3.8) is 0 Å². The molecule has 1 aromatic rings. The molecule has 0 unspecified atom stereocenters. The molecule has 0 aliphatic heterocycles. The molecular weight excluding hydrogens is 214 g/mol. The Hall–Kier alpha value is -1.36. The standard InChI is InChI=1S/C10H13NO3S/c1-4-9(15)11(2)8-5-7(13-3)6-10(12)14-8/h5-6H,4H2,1-3H3. The van der Waals surface area contributed by atoms with E-state index in [1.165, 1.54) is 13.2 Å². The summed E-state index contributed by atoms with van der Waals surface area (Å²) >= 11 is 5.11. The minimum atomic E-state index is -0.449. The van der Waals surface area contributed by atoms with Crippen LogP contribution in [0.15, 0.2) is 21.3 Å². The number of hydrogen-bond acceptors (Lipinski definition) is 4. The molecule has 0 bridgehead atoms. The van der Waals surface area contributed by atoms with Crippen LogP contribution in [0.2, 0.25) is 0 Å². The third kappa shape index (κ3) is 2.79. The Kier molecular flexibility index (Phi) is 3.85. The van der Waals surface area contributed by atoms with Gasteiger partial charge in [-0.15, -0.1) is 0 Å². The SMILES string of the molecule is CCC(=S)N(C)c1cc(OC)cc(=O)o1. The van der Waals surface area contributed by atoms with E-state index in [0.717, 1.165) is 0 Å². The van der Waals surface area contributed by atoms with Crippen molar-refractivity contribution in [3.05, 3.63) is 22.6 Å². The van der Waals surface area contributed by atoms with E-state index in [2.05, 4.69) is 0 Å². The summed E-state index contributed by atoms with van der Waals surface area (Å²) in [7, 11) is 3.25. The fraction of sp³-hybridized carbons (Fsp3) is 0.400. The van der Waals surface area contributed by atoms with E-state index >= 15 is 0 Å². The molecule has 0 saturated heterocycles. The van der Waals surface area contributed by atoms with E-state index in [9.17, 15) is 4.79 Å². The predicted octanol–water partition coefficient (Wildman–Crippen LogP) is 1.82. The number of hydrogen-bond donors (Lipinski definition) is 0. The van der Waals surface area contributed by atoms with Gasteiger partial charge in [0.1, 0.15) is 5.75 Å². The van der Waals surface area contributed by atoms with Crippen LogP contribution in [0.3, 0.4) is 0 Å². The molecule has 1 aromatic heterocycles. The Bertz CT molecular complexity index is 413. The Morgan fingerprint density at radius 1 is 1.60 bits per heavy atom. The van der Waals surface area contributed by atoms with Gasteiger partial charge in [0.15, 0.2) is 0 Å². The van der Waals surface area contributed by atoms with Gasteiger partial charge in [-0.1, -0.05) is 19.1 Å².